The molecule has 0 fully saturated rings. The Bertz CT molecular complexity index is 1240. The molecule has 30 heavy (non-hydrogen) atoms. The maximum Gasteiger partial charge on any atom is 0.259 e. The second-order valence-electron chi connectivity index (χ2n) is 6.96. The Morgan fingerprint density at radius 1 is 1.03 bits per heavy atom. The summed E-state index contributed by atoms with van der Waals surface area (Å²) in [6.07, 6.45) is 1.56. The molecule has 0 spiro atoms. The molecular formula is C23H20N4O3. The standard InChI is InChI=1S/C23H20N4O3/c1-16-7-6-8-17(13-16)22-24-23(30-25-22)18-11-12-20(28)27(14-18)15-21(29)26(2)19-9-4-3-5-10-19/h3-14H,15H2,1-2H3. The number of anilines is 1. The predicted octanol–water partition coefficient (Wildman–Crippen LogP) is 3.54. The number of aromatic nitrogens is 3. The number of amides is 1. The molecule has 0 saturated carbocycles. The van der Waals surface area contributed by atoms with E-state index in [-0.39, 0.29) is 23.9 Å². The topological polar surface area (TPSA) is 81.2 Å². The summed E-state index contributed by atoms with van der Waals surface area (Å²) in [6, 6.07) is 20.0. The van der Waals surface area contributed by atoms with Crippen molar-refractivity contribution in [2.45, 2.75) is 13.5 Å². The van der Waals surface area contributed by atoms with E-state index < -0.39 is 0 Å². The normalized spacial score (nSPS) is 10.7. The summed E-state index contributed by atoms with van der Waals surface area (Å²) < 4.78 is 6.73. The highest BCUT2D eigenvalue weighted by Crippen LogP contribution is 2.22. The highest BCUT2D eigenvalue weighted by molar-refractivity contribution is 5.92. The van der Waals surface area contributed by atoms with Gasteiger partial charge in [-0.25, -0.2) is 0 Å². The molecule has 4 rings (SSSR count). The van der Waals surface area contributed by atoms with Gasteiger partial charge in [0.15, 0.2) is 0 Å². The van der Waals surface area contributed by atoms with E-state index in [4.69, 9.17) is 4.52 Å². The number of pyridine rings is 1. The van der Waals surface area contributed by atoms with Crippen molar-refractivity contribution in [3.05, 3.63) is 88.8 Å². The predicted molar refractivity (Wildman–Crippen MR) is 114 cm³/mol. The maximum absolute atomic E-state index is 12.6. The Kier molecular flexibility index (Phi) is 5.26. The zero-order chi connectivity index (χ0) is 21.1. The van der Waals surface area contributed by atoms with Crippen molar-refractivity contribution in [2.24, 2.45) is 0 Å². The molecule has 2 heterocycles. The van der Waals surface area contributed by atoms with Gasteiger partial charge < -0.3 is 14.0 Å². The third-order valence-corrected chi connectivity index (χ3v) is 4.76. The van der Waals surface area contributed by atoms with Crippen LogP contribution in [-0.4, -0.2) is 27.7 Å². The zero-order valence-corrected chi connectivity index (χ0v) is 16.6. The van der Waals surface area contributed by atoms with Crippen LogP contribution in [0.4, 0.5) is 5.69 Å². The molecule has 0 bridgehead atoms. The molecule has 0 saturated heterocycles. The lowest BCUT2D eigenvalue weighted by atomic mass is 10.1. The fraction of sp³-hybridized carbons (Fsp3) is 0.130. The smallest absolute Gasteiger partial charge is 0.259 e. The number of hydrogen-bond donors (Lipinski definition) is 0. The van der Waals surface area contributed by atoms with Gasteiger partial charge in [-0.3, -0.25) is 9.59 Å². The molecule has 4 aromatic rings. The molecule has 7 nitrogen and oxygen atoms in total. The fourth-order valence-electron chi connectivity index (χ4n) is 3.07. The summed E-state index contributed by atoms with van der Waals surface area (Å²) in [4.78, 5) is 30.9. The van der Waals surface area contributed by atoms with Crippen LogP contribution in [-0.2, 0) is 11.3 Å². The van der Waals surface area contributed by atoms with E-state index in [2.05, 4.69) is 10.1 Å². The SMILES string of the molecule is Cc1cccc(-c2noc(-c3ccc(=O)n(CC(=O)N(C)c4ccccc4)c3)n2)c1. The molecule has 0 unspecified atom stereocenters. The molecule has 0 atom stereocenters. The largest absolute Gasteiger partial charge is 0.334 e. The van der Waals surface area contributed by atoms with Crippen LogP contribution < -0.4 is 10.5 Å². The van der Waals surface area contributed by atoms with Crippen LogP contribution in [0, 0.1) is 6.92 Å². The summed E-state index contributed by atoms with van der Waals surface area (Å²) >= 11 is 0. The summed E-state index contributed by atoms with van der Waals surface area (Å²) in [5.74, 6) is 0.530. The number of carbonyl (C=O) groups is 1. The molecule has 2 aromatic heterocycles. The number of aryl methyl sites for hydroxylation is 1. The molecule has 1 amide bonds. The van der Waals surface area contributed by atoms with E-state index in [0.29, 0.717) is 11.4 Å². The summed E-state index contributed by atoms with van der Waals surface area (Å²) in [5, 5.41) is 4.04. The van der Waals surface area contributed by atoms with Crippen LogP contribution in [0.5, 0.6) is 0 Å². The third kappa shape index (κ3) is 4.05. The van der Waals surface area contributed by atoms with Gasteiger partial charge in [0.25, 0.3) is 11.4 Å². The van der Waals surface area contributed by atoms with Crippen LogP contribution in [0.1, 0.15) is 5.56 Å². The highest BCUT2D eigenvalue weighted by Gasteiger charge is 2.15. The zero-order valence-electron chi connectivity index (χ0n) is 16.6. The van der Waals surface area contributed by atoms with Gasteiger partial charge in [0, 0.05) is 30.6 Å². The van der Waals surface area contributed by atoms with Crippen LogP contribution in [0.3, 0.4) is 0 Å². The minimum Gasteiger partial charge on any atom is -0.334 e. The van der Waals surface area contributed by atoms with Crippen LogP contribution in [0.15, 0.2) is 82.2 Å². The van der Waals surface area contributed by atoms with Crippen LogP contribution >= 0.6 is 0 Å². The molecule has 2 aromatic carbocycles. The maximum atomic E-state index is 12.6. The van der Waals surface area contributed by atoms with E-state index in [1.807, 2.05) is 61.5 Å². The van der Waals surface area contributed by atoms with Crippen molar-refractivity contribution in [1.29, 1.82) is 0 Å². The van der Waals surface area contributed by atoms with Crippen molar-refractivity contribution in [1.82, 2.24) is 14.7 Å². The number of para-hydroxylation sites is 1. The van der Waals surface area contributed by atoms with E-state index >= 15 is 0 Å². The fourth-order valence-corrected chi connectivity index (χ4v) is 3.07. The van der Waals surface area contributed by atoms with Crippen molar-refractivity contribution >= 4 is 11.6 Å². The molecule has 7 heteroatoms. The molecule has 0 aliphatic rings. The van der Waals surface area contributed by atoms with E-state index in [1.165, 1.54) is 15.5 Å². The summed E-state index contributed by atoms with van der Waals surface area (Å²) in [5.41, 5.74) is 2.97. The molecule has 0 N–H and O–H groups in total. The Morgan fingerprint density at radius 3 is 2.60 bits per heavy atom. The van der Waals surface area contributed by atoms with Crippen LogP contribution in [0.25, 0.3) is 22.8 Å². The number of carbonyl (C=O) groups excluding carboxylic acids is 1. The second kappa shape index (κ2) is 8.16. The Morgan fingerprint density at radius 2 is 1.83 bits per heavy atom. The lowest BCUT2D eigenvalue weighted by molar-refractivity contribution is -0.118. The van der Waals surface area contributed by atoms with Crippen molar-refractivity contribution < 1.29 is 9.32 Å². The van der Waals surface area contributed by atoms with Gasteiger partial charge in [-0.2, -0.15) is 4.98 Å². The van der Waals surface area contributed by atoms with Crippen molar-refractivity contribution in [3.8, 4) is 22.8 Å². The van der Waals surface area contributed by atoms with E-state index in [9.17, 15) is 9.59 Å². The lowest BCUT2D eigenvalue weighted by Gasteiger charge is -2.18. The van der Waals surface area contributed by atoms with Crippen molar-refractivity contribution in [2.75, 3.05) is 11.9 Å². The average Bonchev–Trinajstić information content (AvgIpc) is 3.26. The Labute approximate surface area is 173 Å². The van der Waals surface area contributed by atoms with E-state index in [0.717, 1.165) is 16.8 Å². The molecular weight excluding hydrogens is 380 g/mol. The first-order valence-electron chi connectivity index (χ1n) is 9.44. The van der Waals surface area contributed by atoms with Crippen molar-refractivity contribution in [3.63, 3.8) is 0 Å². The van der Waals surface area contributed by atoms with Gasteiger partial charge in [-0.05, 0) is 31.2 Å². The van der Waals surface area contributed by atoms with Gasteiger partial charge in [0.05, 0.1) is 5.56 Å². The second-order valence-corrected chi connectivity index (χ2v) is 6.96. The Balaban J connectivity index is 1.58. The molecule has 0 aliphatic heterocycles. The first kappa shape index (κ1) is 19.3. The number of likely N-dealkylation sites (N-methyl/N-ethyl adjacent to an activating group) is 1. The van der Waals surface area contributed by atoms with E-state index in [1.54, 1.807) is 19.3 Å². The van der Waals surface area contributed by atoms with Gasteiger partial charge in [0.2, 0.25) is 11.7 Å². The number of benzene rings is 2. The quantitative estimate of drug-likeness (QED) is 0.512. The average molecular weight is 400 g/mol. The van der Waals surface area contributed by atoms with Gasteiger partial charge in [0.1, 0.15) is 6.54 Å². The van der Waals surface area contributed by atoms with Gasteiger partial charge in [-0.1, -0.05) is 47.1 Å². The molecule has 150 valence electrons. The minimum absolute atomic E-state index is 0.100. The third-order valence-electron chi connectivity index (χ3n) is 4.76. The monoisotopic (exact) mass is 400 g/mol. The minimum atomic E-state index is -0.285. The van der Waals surface area contributed by atoms with Gasteiger partial charge >= 0.3 is 0 Å². The lowest BCUT2D eigenvalue weighted by Crippen LogP contribution is -2.33. The number of nitrogens with zero attached hydrogens (tertiary/aromatic N) is 4. The molecule has 0 aliphatic carbocycles. The highest BCUT2D eigenvalue weighted by atomic mass is 16.5. The summed E-state index contributed by atoms with van der Waals surface area (Å²) in [6.45, 7) is 1.89. The Hall–Kier alpha value is -4.00. The summed E-state index contributed by atoms with van der Waals surface area (Å²) in [7, 11) is 1.68. The first-order chi connectivity index (χ1) is 14.5. The van der Waals surface area contributed by atoms with Gasteiger partial charge in [-0.15, -0.1) is 0 Å². The van der Waals surface area contributed by atoms with Crippen LogP contribution in [0.2, 0.25) is 0 Å². The number of hydrogen-bond acceptors (Lipinski definition) is 5. The number of rotatable bonds is 5. The first-order valence-corrected chi connectivity index (χ1v) is 9.44. The molecule has 0 radical (unpaired) electrons.